The van der Waals surface area contributed by atoms with Crippen LogP contribution in [0.3, 0.4) is 0 Å². The SMILES string of the molecule is CC.CC.CC(C)c1cc(Cc2c(Br)cc(CCl)cc2Br)n[nH]c1=O. The van der Waals surface area contributed by atoms with Gasteiger partial charge in [-0.2, -0.15) is 5.10 Å². The number of nitrogens with one attached hydrogen (secondary N) is 1. The van der Waals surface area contributed by atoms with Gasteiger partial charge in [0.15, 0.2) is 0 Å². The van der Waals surface area contributed by atoms with Gasteiger partial charge in [-0.05, 0) is 35.2 Å². The summed E-state index contributed by atoms with van der Waals surface area (Å²) in [6.45, 7) is 12.0. The first kappa shape index (κ1) is 24.4. The quantitative estimate of drug-likeness (QED) is 0.475. The van der Waals surface area contributed by atoms with Crippen molar-refractivity contribution < 1.29 is 0 Å². The third kappa shape index (κ3) is 7.24. The molecule has 1 heterocycles. The van der Waals surface area contributed by atoms with E-state index in [0.29, 0.717) is 12.3 Å². The van der Waals surface area contributed by atoms with Gasteiger partial charge in [0, 0.05) is 26.8 Å². The Labute approximate surface area is 172 Å². The number of alkyl halides is 1. The summed E-state index contributed by atoms with van der Waals surface area (Å²) in [5.74, 6) is 0.632. The van der Waals surface area contributed by atoms with Gasteiger partial charge in [-0.1, -0.05) is 73.4 Å². The Morgan fingerprint density at radius 2 is 1.60 bits per heavy atom. The summed E-state index contributed by atoms with van der Waals surface area (Å²) in [6, 6.07) is 5.88. The van der Waals surface area contributed by atoms with E-state index < -0.39 is 0 Å². The fourth-order valence-corrected chi connectivity index (χ4v) is 3.78. The van der Waals surface area contributed by atoms with Crippen molar-refractivity contribution in [3.8, 4) is 0 Å². The van der Waals surface area contributed by atoms with Gasteiger partial charge in [0.2, 0.25) is 0 Å². The molecule has 2 aromatic rings. The molecule has 0 aliphatic heterocycles. The maximum absolute atomic E-state index is 11.7. The van der Waals surface area contributed by atoms with E-state index in [0.717, 1.165) is 31.3 Å². The van der Waals surface area contributed by atoms with Crippen molar-refractivity contribution in [2.24, 2.45) is 0 Å². The van der Waals surface area contributed by atoms with Crippen LogP contribution in [0.15, 0.2) is 31.9 Å². The van der Waals surface area contributed by atoms with Crippen LogP contribution in [0.1, 0.15) is 69.8 Å². The molecule has 1 aromatic carbocycles. The number of rotatable bonds is 4. The van der Waals surface area contributed by atoms with Gasteiger partial charge in [0.1, 0.15) is 0 Å². The zero-order valence-electron chi connectivity index (χ0n) is 15.7. The lowest BCUT2D eigenvalue weighted by molar-refractivity contribution is 0.800. The number of hydrogen-bond acceptors (Lipinski definition) is 2. The van der Waals surface area contributed by atoms with E-state index in [-0.39, 0.29) is 11.5 Å². The van der Waals surface area contributed by atoms with E-state index >= 15 is 0 Å². The molecular weight excluding hydrogens is 467 g/mol. The van der Waals surface area contributed by atoms with Crippen molar-refractivity contribution >= 4 is 43.5 Å². The van der Waals surface area contributed by atoms with Gasteiger partial charge in [-0.3, -0.25) is 4.79 Å². The Morgan fingerprint density at radius 3 is 2.04 bits per heavy atom. The molecule has 3 nitrogen and oxygen atoms in total. The molecule has 0 atom stereocenters. The minimum atomic E-state index is -0.121. The fraction of sp³-hybridized carbons (Fsp3) is 0.474. The van der Waals surface area contributed by atoms with E-state index in [1.54, 1.807) is 0 Å². The van der Waals surface area contributed by atoms with Crippen LogP contribution in [-0.4, -0.2) is 10.2 Å². The summed E-state index contributed by atoms with van der Waals surface area (Å²) < 4.78 is 1.96. The van der Waals surface area contributed by atoms with E-state index in [4.69, 9.17) is 11.6 Å². The minimum absolute atomic E-state index is 0.121. The first-order valence-corrected chi connectivity index (χ1v) is 10.7. The zero-order valence-corrected chi connectivity index (χ0v) is 19.6. The smallest absolute Gasteiger partial charge is 0.267 e. The molecule has 1 N–H and O–H groups in total. The molecule has 0 bridgehead atoms. The van der Waals surface area contributed by atoms with Crippen LogP contribution in [0, 0.1) is 0 Å². The molecule has 2 rings (SSSR count). The van der Waals surface area contributed by atoms with Gasteiger partial charge in [0.05, 0.1) is 5.69 Å². The number of halogens is 3. The first-order chi connectivity index (χ1) is 11.9. The Bertz CT molecular complexity index is 692. The standard InChI is InChI=1S/C15H15Br2ClN2O.2C2H6/c1-8(2)11-5-10(19-20-15(11)21)6-12-13(16)3-9(7-18)4-14(12)17;2*1-2/h3-5,8H,6-7H2,1-2H3,(H,20,21);2*1-2H3. The topological polar surface area (TPSA) is 45.8 Å². The highest BCUT2D eigenvalue weighted by atomic mass is 79.9. The lowest BCUT2D eigenvalue weighted by atomic mass is 10.0. The monoisotopic (exact) mass is 492 g/mol. The van der Waals surface area contributed by atoms with Gasteiger partial charge in [-0.25, -0.2) is 5.10 Å². The third-order valence-corrected chi connectivity index (χ3v) is 4.94. The van der Waals surface area contributed by atoms with Crippen molar-refractivity contribution in [3.05, 3.63) is 59.9 Å². The largest absolute Gasteiger partial charge is 0.268 e. The summed E-state index contributed by atoms with van der Waals surface area (Å²) in [5, 5.41) is 6.71. The van der Waals surface area contributed by atoms with Gasteiger partial charge >= 0.3 is 0 Å². The second-order valence-corrected chi connectivity index (χ2v) is 7.12. The molecule has 25 heavy (non-hydrogen) atoms. The molecule has 140 valence electrons. The van der Waals surface area contributed by atoms with Gasteiger partial charge < -0.3 is 0 Å². The van der Waals surface area contributed by atoms with Gasteiger partial charge in [0.25, 0.3) is 5.56 Å². The predicted molar refractivity (Wildman–Crippen MR) is 116 cm³/mol. The average Bonchev–Trinajstić information content (AvgIpc) is 2.62. The van der Waals surface area contributed by atoms with Gasteiger partial charge in [-0.15, -0.1) is 11.6 Å². The molecule has 0 aliphatic rings. The molecule has 0 saturated heterocycles. The molecule has 0 fully saturated rings. The summed E-state index contributed by atoms with van der Waals surface area (Å²) >= 11 is 13.0. The van der Waals surface area contributed by atoms with Crippen LogP contribution < -0.4 is 5.56 Å². The van der Waals surface area contributed by atoms with E-state index in [2.05, 4.69) is 42.1 Å². The molecule has 0 aliphatic carbocycles. The van der Waals surface area contributed by atoms with Crippen LogP contribution in [0.2, 0.25) is 0 Å². The maximum atomic E-state index is 11.7. The number of aromatic amines is 1. The first-order valence-electron chi connectivity index (χ1n) is 8.53. The van der Waals surface area contributed by atoms with E-state index in [9.17, 15) is 4.79 Å². The van der Waals surface area contributed by atoms with Crippen molar-refractivity contribution in [1.29, 1.82) is 0 Å². The molecule has 1 aromatic heterocycles. The Balaban J connectivity index is 0.00000134. The Kier molecular flexibility index (Phi) is 12.3. The molecule has 0 spiro atoms. The molecule has 0 unspecified atom stereocenters. The summed E-state index contributed by atoms with van der Waals surface area (Å²) in [6.07, 6.45) is 0.625. The van der Waals surface area contributed by atoms with Crippen molar-refractivity contribution in [2.45, 2.75) is 59.8 Å². The second kappa shape index (κ2) is 12.7. The second-order valence-electron chi connectivity index (χ2n) is 5.15. The lowest BCUT2D eigenvalue weighted by Crippen LogP contribution is -2.17. The van der Waals surface area contributed by atoms with Crippen LogP contribution >= 0.6 is 43.5 Å². The number of benzene rings is 1. The summed E-state index contributed by atoms with van der Waals surface area (Å²) in [7, 11) is 0. The van der Waals surface area contributed by atoms with Crippen LogP contribution in [-0.2, 0) is 12.3 Å². The predicted octanol–water partition coefficient (Wildman–Crippen LogP) is 6.80. The maximum Gasteiger partial charge on any atom is 0.267 e. The number of H-pyrrole nitrogens is 1. The number of hydrogen-bond donors (Lipinski definition) is 1. The molecule has 6 heteroatoms. The Hall–Kier alpha value is -0.650. The van der Waals surface area contributed by atoms with E-state index in [1.165, 1.54) is 0 Å². The van der Waals surface area contributed by atoms with Crippen LogP contribution in [0.4, 0.5) is 0 Å². The summed E-state index contributed by atoms with van der Waals surface area (Å²) in [4.78, 5) is 11.7. The fourth-order valence-electron chi connectivity index (χ4n) is 2.07. The van der Waals surface area contributed by atoms with Crippen molar-refractivity contribution in [1.82, 2.24) is 10.2 Å². The average molecular weight is 495 g/mol. The van der Waals surface area contributed by atoms with Crippen LogP contribution in [0.25, 0.3) is 0 Å². The minimum Gasteiger partial charge on any atom is -0.268 e. The van der Waals surface area contributed by atoms with Crippen molar-refractivity contribution in [3.63, 3.8) is 0 Å². The normalized spacial score (nSPS) is 9.84. The molecule has 0 saturated carbocycles. The lowest BCUT2D eigenvalue weighted by Gasteiger charge is -2.10. The third-order valence-electron chi connectivity index (χ3n) is 3.22. The van der Waals surface area contributed by atoms with Crippen LogP contribution in [0.5, 0.6) is 0 Å². The van der Waals surface area contributed by atoms with Crippen molar-refractivity contribution in [2.75, 3.05) is 0 Å². The number of aromatic nitrogens is 2. The Morgan fingerprint density at radius 1 is 1.08 bits per heavy atom. The highest BCUT2D eigenvalue weighted by Crippen LogP contribution is 2.30. The zero-order chi connectivity index (χ0) is 19.6. The number of nitrogens with zero attached hydrogens (tertiary/aromatic N) is 1. The highest BCUT2D eigenvalue weighted by Gasteiger charge is 2.12. The highest BCUT2D eigenvalue weighted by molar-refractivity contribution is 9.11. The summed E-state index contributed by atoms with van der Waals surface area (Å²) in [5.41, 5.74) is 3.59. The van der Waals surface area contributed by atoms with E-state index in [1.807, 2.05) is 59.7 Å². The molecular formula is C19H27Br2ClN2O. The molecule has 0 radical (unpaired) electrons. The molecule has 0 amide bonds.